The van der Waals surface area contributed by atoms with E-state index in [0.717, 1.165) is 18.3 Å². The van der Waals surface area contributed by atoms with Crippen molar-refractivity contribution in [3.05, 3.63) is 46.3 Å². The number of ether oxygens (including phenoxy) is 2. The lowest BCUT2D eigenvalue weighted by atomic mass is 9.91. The smallest absolute Gasteiger partial charge is 0.160 e. The van der Waals surface area contributed by atoms with E-state index >= 15 is 0 Å². The number of nitrogens with one attached hydrogen (secondary N) is 2. The largest absolute Gasteiger partial charge is 0.387 e. The van der Waals surface area contributed by atoms with Crippen LogP contribution in [0.15, 0.2) is 23.5 Å². The van der Waals surface area contributed by atoms with Crippen LogP contribution in [0.25, 0.3) is 0 Å². The van der Waals surface area contributed by atoms with Crippen molar-refractivity contribution < 1.29 is 28.5 Å². The lowest BCUT2D eigenvalue weighted by molar-refractivity contribution is -0.126. The number of halogens is 2. The first-order valence-corrected chi connectivity index (χ1v) is 10.0. The number of rotatable bonds is 2. The number of nitrogens with zero attached hydrogens (tertiary/aromatic N) is 1. The summed E-state index contributed by atoms with van der Waals surface area (Å²) in [6.07, 6.45) is -3.50. The quantitative estimate of drug-likeness (QED) is 0.565. The molecule has 1 saturated heterocycles. The average Bonchev–Trinajstić information content (AvgIpc) is 3.25. The van der Waals surface area contributed by atoms with Crippen LogP contribution in [0.1, 0.15) is 30.6 Å². The molecule has 6 atom stereocenters. The second kappa shape index (κ2) is 7.17. The second-order valence-corrected chi connectivity index (χ2v) is 8.08. The highest BCUT2D eigenvalue weighted by Crippen LogP contribution is 2.41. The molecule has 7 nitrogen and oxygen atoms in total. The maximum atomic E-state index is 13.9. The van der Waals surface area contributed by atoms with Crippen molar-refractivity contribution in [1.82, 2.24) is 15.5 Å². The van der Waals surface area contributed by atoms with E-state index in [4.69, 9.17) is 9.47 Å². The standard InChI is InChI=1S/C20H25F2N3O4/c1-9-11-2-4-25(19(11)24-8-23-9)20-16(27)15(26)18(29-20)17-12-7-14(22)13(21)6-10(12)3-5-28-17/h6-7,9,15-18,20,23-24,26-27H,2-5,8H2,1H3/t9?,15-,16+,17+,18-,20+/m0/s1. The Bertz CT molecular complexity index is 851. The summed E-state index contributed by atoms with van der Waals surface area (Å²) in [4.78, 5) is 1.94. The van der Waals surface area contributed by atoms with Crippen molar-refractivity contribution in [3.8, 4) is 0 Å². The molecule has 0 spiro atoms. The van der Waals surface area contributed by atoms with Gasteiger partial charge in [0, 0.05) is 12.6 Å². The number of benzene rings is 1. The van der Waals surface area contributed by atoms with Crippen LogP contribution in [-0.4, -0.2) is 65.5 Å². The van der Waals surface area contributed by atoms with Gasteiger partial charge in [-0.25, -0.2) is 8.78 Å². The van der Waals surface area contributed by atoms with Crippen molar-refractivity contribution in [1.29, 1.82) is 0 Å². The Kier molecular flexibility index (Phi) is 4.75. The maximum absolute atomic E-state index is 13.9. The molecule has 158 valence electrons. The van der Waals surface area contributed by atoms with E-state index in [1.807, 2.05) is 4.90 Å². The monoisotopic (exact) mass is 409 g/mol. The molecule has 1 fully saturated rings. The van der Waals surface area contributed by atoms with Crippen LogP contribution in [0, 0.1) is 11.6 Å². The fourth-order valence-electron chi connectivity index (χ4n) is 4.89. The van der Waals surface area contributed by atoms with Gasteiger partial charge in [-0.3, -0.25) is 5.32 Å². The third kappa shape index (κ3) is 3.03. The highest BCUT2D eigenvalue weighted by molar-refractivity contribution is 5.34. The number of fused-ring (bicyclic) bond motifs is 1. The Morgan fingerprint density at radius 3 is 2.76 bits per heavy atom. The van der Waals surface area contributed by atoms with Crippen molar-refractivity contribution in [2.45, 2.75) is 56.5 Å². The topological polar surface area (TPSA) is 86.2 Å². The Balaban J connectivity index is 1.43. The first-order chi connectivity index (χ1) is 14.0. The number of aliphatic hydroxyl groups excluding tert-OH is 2. The summed E-state index contributed by atoms with van der Waals surface area (Å²) >= 11 is 0. The lowest BCUT2D eigenvalue weighted by Gasteiger charge is -2.34. The molecule has 0 amide bonds. The molecule has 0 radical (unpaired) electrons. The zero-order chi connectivity index (χ0) is 20.3. The van der Waals surface area contributed by atoms with Crippen molar-refractivity contribution in [3.63, 3.8) is 0 Å². The maximum Gasteiger partial charge on any atom is 0.160 e. The summed E-state index contributed by atoms with van der Waals surface area (Å²) < 4.78 is 39.4. The van der Waals surface area contributed by atoms with E-state index in [-0.39, 0.29) is 6.04 Å². The predicted molar refractivity (Wildman–Crippen MR) is 98.4 cm³/mol. The van der Waals surface area contributed by atoms with Gasteiger partial charge in [-0.1, -0.05) is 0 Å². The van der Waals surface area contributed by atoms with Crippen LogP contribution in [0.2, 0.25) is 0 Å². The Morgan fingerprint density at radius 2 is 1.93 bits per heavy atom. The van der Waals surface area contributed by atoms with E-state index in [2.05, 4.69) is 17.6 Å². The van der Waals surface area contributed by atoms with Crippen molar-refractivity contribution in [2.75, 3.05) is 19.8 Å². The summed E-state index contributed by atoms with van der Waals surface area (Å²) in [7, 11) is 0. The fourth-order valence-corrected chi connectivity index (χ4v) is 4.89. The van der Waals surface area contributed by atoms with Gasteiger partial charge in [0.05, 0.1) is 13.3 Å². The lowest BCUT2D eigenvalue weighted by Crippen LogP contribution is -2.49. The summed E-state index contributed by atoms with van der Waals surface area (Å²) in [5.41, 5.74) is 2.30. The molecule has 4 aliphatic heterocycles. The molecular weight excluding hydrogens is 384 g/mol. The fraction of sp³-hybridized carbons (Fsp3) is 0.600. The first kappa shape index (κ1) is 19.2. The third-order valence-electron chi connectivity index (χ3n) is 6.44. The highest BCUT2D eigenvalue weighted by Gasteiger charge is 2.51. The van der Waals surface area contributed by atoms with Crippen LogP contribution in [0.3, 0.4) is 0 Å². The summed E-state index contributed by atoms with van der Waals surface area (Å²) in [6.45, 7) is 3.66. The van der Waals surface area contributed by atoms with E-state index in [1.54, 1.807) is 0 Å². The summed E-state index contributed by atoms with van der Waals surface area (Å²) in [6, 6.07) is 2.51. The van der Waals surface area contributed by atoms with Gasteiger partial charge < -0.3 is 29.9 Å². The van der Waals surface area contributed by atoms with E-state index in [9.17, 15) is 19.0 Å². The molecule has 0 aromatic heterocycles. The molecule has 9 heteroatoms. The molecule has 4 heterocycles. The molecule has 0 saturated carbocycles. The predicted octanol–water partition coefficient (Wildman–Crippen LogP) is 0.481. The number of hydrogen-bond acceptors (Lipinski definition) is 7. The van der Waals surface area contributed by atoms with Crippen LogP contribution in [0.4, 0.5) is 8.78 Å². The minimum atomic E-state index is -1.21. The van der Waals surface area contributed by atoms with Crippen LogP contribution in [0.5, 0.6) is 0 Å². The van der Waals surface area contributed by atoms with Crippen molar-refractivity contribution >= 4 is 0 Å². The van der Waals surface area contributed by atoms with Gasteiger partial charge in [-0.2, -0.15) is 0 Å². The first-order valence-electron chi connectivity index (χ1n) is 10.0. The second-order valence-electron chi connectivity index (χ2n) is 8.08. The van der Waals surface area contributed by atoms with Gasteiger partial charge in [-0.15, -0.1) is 0 Å². The summed E-state index contributed by atoms with van der Waals surface area (Å²) in [5, 5.41) is 28.1. The molecule has 29 heavy (non-hydrogen) atoms. The van der Waals surface area contributed by atoms with Gasteiger partial charge in [0.15, 0.2) is 17.9 Å². The van der Waals surface area contributed by atoms with E-state index in [1.165, 1.54) is 11.6 Å². The van der Waals surface area contributed by atoms with Crippen LogP contribution in [-0.2, 0) is 15.9 Å². The Labute approximate surface area is 167 Å². The molecule has 1 aromatic rings. The molecule has 1 aromatic carbocycles. The van der Waals surface area contributed by atoms with Gasteiger partial charge in [0.1, 0.15) is 30.2 Å². The molecule has 5 rings (SSSR count). The zero-order valence-corrected chi connectivity index (χ0v) is 16.1. The highest BCUT2D eigenvalue weighted by atomic mass is 19.2. The Hall–Kier alpha value is -1.78. The van der Waals surface area contributed by atoms with Gasteiger partial charge in [0.2, 0.25) is 0 Å². The SMILES string of the molecule is CC1NCNC2=C1CCN2[C@@H]1O[C@H]([C@@H]2OCCc3cc(F)c(F)cc32)[C@@H](O)[C@H]1O. The van der Waals surface area contributed by atoms with Crippen LogP contribution >= 0.6 is 0 Å². The van der Waals surface area contributed by atoms with E-state index < -0.39 is 42.3 Å². The normalized spacial score (nSPS) is 36.8. The molecule has 4 N–H and O–H groups in total. The van der Waals surface area contributed by atoms with Crippen LogP contribution < -0.4 is 10.6 Å². The van der Waals surface area contributed by atoms with Gasteiger partial charge in [0.25, 0.3) is 0 Å². The summed E-state index contributed by atoms with van der Waals surface area (Å²) in [5.74, 6) is -0.949. The third-order valence-corrected chi connectivity index (χ3v) is 6.44. The van der Waals surface area contributed by atoms with Crippen molar-refractivity contribution in [2.24, 2.45) is 0 Å². The molecule has 1 unspecified atom stereocenters. The Morgan fingerprint density at radius 1 is 1.14 bits per heavy atom. The van der Waals surface area contributed by atoms with Gasteiger partial charge in [-0.05, 0) is 48.6 Å². The molecule has 4 aliphatic rings. The molecular formula is C20H25F2N3O4. The van der Waals surface area contributed by atoms with Gasteiger partial charge >= 0.3 is 0 Å². The number of hydrogen-bond donors (Lipinski definition) is 4. The minimum Gasteiger partial charge on any atom is -0.387 e. The number of aliphatic hydroxyl groups is 2. The minimum absolute atomic E-state index is 0.224. The average molecular weight is 409 g/mol. The zero-order valence-electron chi connectivity index (χ0n) is 16.1. The van der Waals surface area contributed by atoms with E-state index in [0.29, 0.717) is 37.4 Å². The molecule has 0 aliphatic carbocycles. The molecule has 0 bridgehead atoms.